The van der Waals surface area contributed by atoms with Crippen molar-refractivity contribution in [1.29, 1.82) is 0 Å². The van der Waals surface area contributed by atoms with Crippen LogP contribution in [0.15, 0.2) is 5.38 Å². The fraction of sp³-hybridized carbons (Fsp3) is 0.692. The van der Waals surface area contributed by atoms with Crippen molar-refractivity contribution in [3.8, 4) is 0 Å². The van der Waals surface area contributed by atoms with Crippen molar-refractivity contribution in [2.45, 2.75) is 39.3 Å². The standard InChI is InChI=1S/C13H21N3O2S/c1-9-15-10(8-19-9)11-7-14-5-6-16(11)12(17)18-13(2,3)4/h8,11,14H,5-7H2,1-4H3. The summed E-state index contributed by atoms with van der Waals surface area (Å²) in [6.07, 6.45) is -0.260. The molecule has 6 heteroatoms. The monoisotopic (exact) mass is 283 g/mol. The van der Waals surface area contributed by atoms with Crippen molar-refractivity contribution in [3.63, 3.8) is 0 Å². The Balaban J connectivity index is 2.14. The lowest BCUT2D eigenvalue weighted by Gasteiger charge is -2.36. The Morgan fingerprint density at radius 1 is 1.58 bits per heavy atom. The second-order valence-electron chi connectivity index (χ2n) is 5.69. The molecule has 2 rings (SSSR count). The number of aromatic nitrogens is 1. The van der Waals surface area contributed by atoms with Crippen LogP contribution in [0.1, 0.15) is 37.5 Å². The molecule has 1 aromatic rings. The van der Waals surface area contributed by atoms with Crippen LogP contribution >= 0.6 is 11.3 Å². The molecular formula is C13H21N3O2S. The molecule has 1 atom stereocenters. The zero-order chi connectivity index (χ0) is 14.0. The summed E-state index contributed by atoms with van der Waals surface area (Å²) in [5, 5.41) is 6.34. The first kappa shape index (κ1) is 14.3. The third-order valence-electron chi connectivity index (χ3n) is 2.85. The molecule has 19 heavy (non-hydrogen) atoms. The number of piperazine rings is 1. The Bertz CT molecular complexity index is 453. The second-order valence-corrected chi connectivity index (χ2v) is 6.75. The number of carbonyl (C=O) groups excluding carboxylic acids is 1. The Morgan fingerprint density at radius 3 is 2.89 bits per heavy atom. The van der Waals surface area contributed by atoms with E-state index in [1.807, 2.05) is 33.1 Å². The first-order valence-corrected chi connectivity index (χ1v) is 7.37. The van der Waals surface area contributed by atoms with Crippen molar-refractivity contribution in [1.82, 2.24) is 15.2 Å². The molecule has 1 amide bonds. The van der Waals surface area contributed by atoms with Crippen LogP contribution < -0.4 is 5.32 Å². The molecular weight excluding hydrogens is 262 g/mol. The van der Waals surface area contributed by atoms with Crippen molar-refractivity contribution in [3.05, 3.63) is 16.1 Å². The predicted octanol–water partition coefficient (Wildman–Crippen LogP) is 2.33. The fourth-order valence-electron chi connectivity index (χ4n) is 2.04. The van der Waals surface area contributed by atoms with Crippen LogP contribution in [-0.2, 0) is 4.74 Å². The number of hydrogen-bond acceptors (Lipinski definition) is 5. The molecule has 1 aliphatic heterocycles. The smallest absolute Gasteiger partial charge is 0.410 e. The SMILES string of the molecule is Cc1nc(C2CNCCN2C(=O)OC(C)(C)C)cs1. The van der Waals surface area contributed by atoms with E-state index in [9.17, 15) is 4.79 Å². The van der Waals surface area contributed by atoms with E-state index in [2.05, 4.69) is 10.3 Å². The Kier molecular flexibility index (Phi) is 4.10. The molecule has 1 fully saturated rings. The highest BCUT2D eigenvalue weighted by Gasteiger charge is 2.32. The van der Waals surface area contributed by atoms with E-state index in [0.717, 1.165) is 23.8 Å². The minimum atomic E-state index is -0.468. The molecule has 0 spiro atoms. The van der Waals surface area contributed by atoms with Crippen LogP contribution in [0.4, 0.5) is 4.79 Å². The summed E-state index contributed by atoms with van der Waals surface area (Å²) in [6, 6.07) is -0.0338. The summed E-state index contributed by atoms with van der Waals surface area (Å²) in [5.74, 6) is 0. The molecule has 1 N–H and O–H groups in total. The summed E-state index contributed by atoms with van der Waals surface area (Å²) >= 11 is 1.61. The van der Waals surface area contributed by atoms with E-state index in [-0.39, 0.29) is 12.1 Å². The average Bonchev–Trinajstić information content (AvgIpc) is 2.73. The van der Waals surface area contributed by atoms with Crippen molar-refractivity contribution < 1.29 is 9.53 Å². The predicted molar refractivity (Wildman–Crippen MR) is 75.4 cm³/mol. The maximum absolute atomic E-state index is 12.3. The van der Waals surface area contributed by atoms with E-state index >= 15 is 0 Å². The van der Waals surface area contributed by atoms with Gasteiger partial charge in [-0.2, -0.15) is 0 Å². The van der Waals surface area contributed by atoms with Gasteiger partial charge in [0.25, 0.3) is 0 Å². The number of rotatable bonds is 1. The van der Waals surface area contributed by atoms with E-state index in [4.69, 9.17) is 4.74 Å². The molecule has 0 saturated carbocycles. The number of nitrogens with one attached hydrogen (secondary N) is 1. The molecule has 5 nitrogen and oxygen atoms in total. The van der Waals surface area contributed by atoms with Crippen LogP contribution in [0.5, 0.6) is 0 Å². The lowest BCUT2D eigenvalue weighted by Crippen LogP contribution is -2.50. The molecule has 0 bridgehead atoms. The minimum absolute atomic E-state index is 0.0338. The van der Waals surface area contributed by atoms with Crippen molar-refractivity contribution in [2.75, 3.05) is 19.6 Å². The van der Waals surface area contributed by atoms with Crippen LogP contribution in [0.3, 0.4) is 0 Å². The van der Waals surface area contributed by atoms with Crippen LogP contribution in [0.25, 0.3) is 0 Å². The third-order valence-corrected chi connectivity index (χ3v) is 3.64. The molecule has 0 radical (unpaired) electrons. The van der Waals surface area contributed by atoms with Gasteiger partial charge in [-0.3, -0.25) is 4.90 Å². The summed E-state index contributed by atoms with van der Waals surface area (Å²) in [7, 11) is 0. The first-order valence-electron chi connectivity index (χ1n) is 6.49. The lowest BCUT2D eigenvalue weighted by atomic mass is 10.1. The van der Waals surface area contributed by atoms with E-state index < -0.39 is 5.60 Å². The van der Waals surface area contributed by atoms with Crippen molar-refractivity contribution in [2.24, 2.45) is 0 Å². The number of aryl methyl sites for hydroxylation is 1. The topological polar surface area (TPSA) is 54.5 Å². The van der Waals surface area contributed by atoms with Gasteiger partial charge >= 0.3 is 6.09 Å². The minimum Gasteiger partial charge on any atom is -0.444 e. The summed E-state index contributed by atoms with van der Waals surface area (Å²) in [6.45, 7) is 9.79. The second kappa shape index (κ2) is 5.46. The quantitative estimate of drug-likeness (QED) is 0.859. The highest BCUT2D eigenvalue weighted by Crippen LogP contribution is 2.25. The average molecular weight is 283 g/mol. The highest BCUT2D eigenvalue weighted by atomic mass is 32.1. The van der Waals surface area contributed by atoms with E-state index in [0.29, 0.717) is 6.54 Å². The van der Waals surface area contributed by atoms with E-state index in [1.165, 1.54) is 0 Å². The maximum Gasteiger partial charge on any atom is 0.410 e. The molecule has 1 aromatic heterocycles. The number of carbonyl (C=O) groups is 1. The lowest BCUT2D eigenvalue weighted by molar-refractivity contribution is 0.0114. The van der Waals surface area contributed by atoms with Crippen LogP contribution in [0.2, 0.25) is 0 Å². The number of thiazole rings is 1. The van der Waals surface area contributed by atoms with Gasteiger partial charge in [0.2, 0.25) is 0 Å². The Labute approximate surface area is 118 Å². The summed E-state index contributed by atoms with van der Waals surface area (Å²) < 4.78 is 5.47. The van der Waals surface area contributed by atoms with Crippen molar-refractivity contribution >= 4 is 17.4 Å². The van der Waals surface area contributed by atoms with Gasteiger partial charge in [-0.15, -0.1) is 11.3 Å². The summed E-state index contributed by atoms with van der Waals surface area (Å²) in [4.78, 5) is 18.5. The number of nitrogens with zero attached hydrogens (tertiary/aromatic N) is 2. The largest absolute Gasteiger partial charge is 0.444 e. The van der Waals surface area contributed by atoms with Gasteiger partial charge in [0.1, 0.15) is 5.60 Å². The maximum atomic E-state index is 12.3. The molecule has 0 aliphatic carbocycles. The van der Waals surface area contributed by atoms with Gasteiger partial charge in [0, 0.05) is 25.0 Å². The number of amides is 1. The molecule has 1 aliphatic rings. The zero-order valence-corrected chi connectivity index (χ0v) is 12.7. The van der Waals surface area contributed by atoms with Gasteiger partial charge in [-0.05, 0) is 27.7 Å². The van der Waals surface area contributed by atoms with Gasteiger partial charge in [-0.1, -0.05) is 0 Å². The Hall–Kier alpha value is -1.14. The number of hydrogen-bond donors (Lipinski definition) is 1. The fourth-order valence-corrected chi connectivity index (χ4v) is 2.70. The normalized spacial score (nSPS) is 20.4. The van der Waals surface area contributed by atoms with Gasteiger partial charge in [-0.25, -0.2) is 9.78 Å². The molecule has 0 aromatic carbocycles. The third kappa shape index (κ3) is 3.67. The van der Waals surface area contributed by atoms with Crippen LogP contribution in [-0.4, -0.2) is 41.2 Å². The van der Waals surface area contributed by atoms with E-state index in [1.54, 1.807) is 16.2 Å². The molecule has 106 valence electrons. The molecule has 2 heterocycles. The van der Waals surface area contributed by atoms with Gasteiger partial charge in [0.15, 0.2) is 0 Å². The molecule has 1 unspecified atom stereocenters. The Morgan fingerprint density at radius 2 is 2.32 bits per heavy atom. The zero-order valence-electron chi connectivity index (χ0n) is 11.9. The highest BCUT2D eigenvalue weighted by molar-refractivity contribution is 7.09. The van der Waals surface area contributed by atoms with Gasteiger partial charge in [0.05, 0.1) is 16.7 Å². The van der Waals surface area contributed by atoms with Gasteiger partial charge < -0.3 is 10.1 Å². The summed E-state index contributed by atoms with van der Waals surface area (Å²) in [5.41, 5.74) is 0.477. The first-order chi connectivity index (χ1) is 8.87. The molecule has 1 saturated heterocycles. The van der Waals surface area contributed by atoms with Crippen LogP contribution in [0, 0.1) is 6.92 Å². The number of ether oxygens (including phenoxy) is 1.